The van der Waals surface area contributed by atoms with E-state index in [2.05, 4.69) is 0 Å². The molecule has 8 heteroatoms. The standard InChI is InChI=1S/C14H12N2O6/c17-14(10-5-7-12(8-6-10)15(18)19)22-9-11-3-1-2-4-13(11)16(20)21/h1-8,14,17H,9H2. The van der Waals surface area contributed by atoms with Crippen molar-refractivity contribution in [3.8, 4) is 0 Å². The molecular formula is C14H12N2O6. The highest BCUT2D eigenvalue weighted by molar-refractivity contribution is 5.39. The van der Waals surface area contributed by atoms with E-state index >= 15 is 0 Å². The molecule has 0 aliphatic carbocycles. The number of nitrogens with zero attached hydrogens (tertiary/aromatic N) is 2. The van der Waals surface area contributed by atoms with Crippen molar-refractivity contribution in [3.05, 3.63) is 79.9 Å². The summed E-state index contributed by atoms with van der Waals surface area (Å²) >= 11 is 0. The Bertz CT molecular complexity index is 686. The lowest BCUT2D eigenvalue weighted by Gasteiger charge is -2.12. The highest BCUT2D eigenvalue weighted by Crippen LogP contribution is 2.23. The molecule has 1 N–H and O–H groups in total. The van der Waals surface area contributed by atoms with Crippen molar-refractivity contribution in [2.75, 3.05) is 0 Å². The zero-order valence-corrected chi connectivity index (χ0v) is 11.3. The summed E-state index contributed by atoms with van der Waals surface area (Å²) in [4.78, 5) is 20.3. The summed E-state index contributed by atoms with van der Waals surface area (Å²) in [5.41, 5.74) is 0.450. The van der Waals surface area contributed by atoms with E-state index in [4.69, 9.17) is 4.74 Å². The van der Waals surface area contributed by atoms with Crippen molar-refractivity contribution in [2.24, 2.45) is 0 Å². The van der Waals surface area contributed by atoms with Crippen LogP contribution >= 0.6 is 0 Å². The van der Waals surface area contributed by atoms with Gasteiger partial charge in [-0.1, -0.05) is 12.1 Å². The van der Waals surface area contributed by atoms with E-state index in [9.17, 15) is 25.3 Å². The zero-order chi connectivity index (χ0) is 16.1. The lowest BCUT2D eigenvalue weighted by atomic mass is 10.2. The van der Waals surface area contributed by atoms with E-state index in [1.165, 1.54) is 42.5 Å². The van der Waals surface area contributed by atoms with Crippen LogP contribution in [0.2, 0.25) is 0 Å². The lowest BCUT2D eigenvalue weighted by molar-refractivity contribution is -0.386. The molecule has 0 bridgehead atoms. The molecule has 0 fully saturated rings. The van der Waals surface area contributed by atoms with Gasteiger partial charge in [0.25, 0.3) is 11.4 Å². The molecule has 114 valence electrons. The molecule has 0 amide bonds. The normalized spacial score (nSPS) is 11.9. The van der Waals surface area contributed by atoms with Gasteiger partial charge in [0.05, 0.1) is 22.0 Å². The van der Waals surface area contributed by atoms with Crippen LogP contribution in [0.15, 0.2) is 48.5 Å². The predicted molar refractivity (Wildman–Crippen MR) is 75.9 cm³/mol. The van der Waals surface area contributed by atoms with Crippen molar-refractivity contribution in [3.63, 3.8) is 0 Å². The van der Waals surface area contributed by atoms with Crippen LogP contribution in [0, 0.1) is 20.2 Å². The van der Waals surface area contributed by atoms with Crippen LogP contribution in [0.25, 0.3) is 0 Å². The molecule has 2 rings (SSSR count). The molecule has 0 radical (unpaired) electrons. The van der Waals surface area contributed by atoms with Crippen molar-refractivity contribution in [1.82, 2.24) is 0 Å². The molecule has 0 spiro atoms. The van der Waals surface area contributed by atoms with Crippen LogP contribution in [0.5, 0.6) is 0 Å². The van der Waals surface area contributed by atoms with Crippen molar-refractivity contribution in [1.29, 1.82) is 0 Å². The SMILES string of the molecule is O=[N+]([O-])c1ccc(C(O)OCc2ccccc2[N+](=O)[O-])cc1. The first-order chi connectivity index (χ1) is 10.5. The third-order valence-electron chi connectivity index (χ3n) is 2.97. The number of hydrogen-bond donors (Lipinski definition) is 1. The van der Waals surface area contributed by atoms with Gasteiger partial charge in [-0.05, 0) is 18.2 Å². The number of hydrogen-bond acceptors (Lipinski definition) is 6. The maximum atomic E-state index is 10.9. The Hall–Kier alpha value is -2.84. The van der Waals surface area contributed by atoms with Gasteiger partial charge in [0, 0.05) is 23.8 Å². The molecule has 0 saturated heterocycles. The second-order valence-electron chi connectivity index (χ2n) is 4.40. The molecule has 1 atom stereocenters. The van der Waals surface area contributed by atoms with E-state index in [0.717, 1.165) is 0 Å². The fourth-order valence-electron chi connectivity index (χ4n) is 1.84. The molecule has 1 unspecified atom stereocenters. The third-order valence-corrected chi connectivity index (χ3v) is 2.97. The largest absolute Gasteiger partial charge is 0.364 e. The third kappa shape index (κ3) is 3.62. The average Bonchev–Trinajstić information content (AvgIpc) is 2.52. The summed E-state index contributed by atoms with van der Waals surface area (Å²) in [6.45, 7) is -0.157. The van der Waals surface area contributed by atoms with Gasteiger partial charge in [-0.15, -0.1) is 0 Å². The van der Waals surface area contributed by atoms with E-state index in [1.807, 2.05) is 0 Å². The summed E-state index contributed by atoms with van der Waals surface area (Å²) in [5.74, 6) is 0. The number of para-hydroxylation sites is 1. The summed E-state index contributed by atoms with van der Waals surface area (Å²) in [7, 11) is 0. The topological polar surface area (TPSA) is 116 Å². The first-order valence-corrected chi connectivity index (χ1v) is 6.25. The molecule has 0 aliphatic rings. The fraction of sp³-hybridized carbons (Fsp3) is 0.143. The van der Waals surface area contributed by atoms with Gasteiger partial charge < -0.3 is 9.84 Å². The molecular weight excluding hydrogens is 292 g/mol. The number of aliphatic hydroxyl groups excluding tert-OH is 1. The second kappa shape index (κ2) is 6.74. The predicted octanol–water partition coefficient (Wildman–Crippen LogP) is 2.71. The van der Waals surface area contributed by atoms with Crippen LogP contribution in [-0.2, 0) is 11.3 Å². The quantitative estimate of drug-likeness (QED) is 0.498. The van der Waals surface area contributed by atoms with Gasteiger partial charge in [0.1, 0.15) is 0 Å². The van der Waals surface area contributed by atoms with Crippen molar-refractivity contribution < 1.29 is 19.7 Å². The minimum Gasteiger partial charge on any atom is -0.364 e. The average molecular weight is 304 g/mol. The fourth-order valence-corrected chi connectivity index (χ4v) is 1.84. The Kier molecular flexibility index (Phi) is 4.77. The Balaban J connectivity index is 2.05. The Labute approximate surface area is 124 Å². The summed E-state index contributed by atoms with van der Waals surface area (Å²) in [5, 5.41) is 31.3. The molecule has 8 nitrogen and oxygen atoms in total. The zero-order valence-electron chi connectivity index (χ0n) is 11.3. The minimum atomic E-state index is -1.33. The van der Waals surface area contributed by atoms with Crippen LogP contribution < -0.4 is 0 Å². The van der Waals surface area contributed by atoms with Gasteiger partial charge >= 0.3 is 0 Å². The van der Waals surface area contributed by atoms with Crippen LogP contribution in [0.1, 0.15) is 17.4 Å². The number of benzene rings is 2. The maximum absolute atomic E-state index is 10.9. The molecule has 0 aliphatic heterocycles. The lowest BCUT2D eigenvalue weighted by Crippen LogP contribution is -2.05. The summed E-state index contributed by atoms with van der Waals surface area (Å²) in [6, 6.07) is 11.3. The van der Waals surface area contributed by atoms with Gasteiger partial charge in [0.15, 0.2) is 6.29 Å². The van der Waals surface area contributed by atoms with Gasteiger partial charge in [-0.3, -0.25) is 20.2 Å². The van der Waals surface area contributed by atoms with Gasteiger partial charge in [-0.2, -0.15) is 0 Å². The number of ether oxygens (including phenoxy) is 1. The van der Waals surface area contributed by atoms with Crippen LogP contribution in [-0.4, -0.2) is 15.0 Å². The first kappa shape index (κ1) is 15.5. The van der Waals surface area contributed by atoms with E-state index < -0.39 is 16.1 Å². The minimum absolute atomic E-state index is 0.0987. The van der Waals surface area contributed by atoms with Crippen LogP contribution in [0.4, 0.5) is 11.4 Å². The van der Waals surface area contributed by atoms with E-state index in [0.29, 0.717) is 11.1 Å². The molecule has 0 heterocycles. The number of rotatable bonds is 6. The van der Waals surface area contributed by atoms with E-state index in [-0.39, 0.29) is 18.0 Å². The summed E-state index contributed by atoms with van der Waals surface area (Å²) in [6.07, 6.45) is -1.33. The molecule has 22 heavy (non-hydrogen) atoms. The Morgan fingerprint density at radius 2 is 1.64 bits per heavy atom. The second-order valence-corrected chi connectivity index (χ2v) is 4.40. The molecule has 0 aromatic heterocycles. The summed E-state index contributed by atoms with van der Waals surface area (Å²) < 4.78 is 5.19. The number of non-ortho nitro benzene ring substituents is 1. The highest BCUT2D eigenvalue weighted by atomic mass is 16.6. The number of aliphatic hydroxyl groups is 1. The molecule has 2 aromatic rings. The first-order valence-electron chi connectivity index (χ1n) is 6.25. The maximum Gasteiger partial charge on any atom is 0.274 e. The Morgan fingerprint density at radius 1 is 1.00 bits per heavy atom. The highest BCUT2D eigenvalue weighted by Gasteiger charge is 2.15. The molecule has 0 saturated carbocycles. The van der Waals surface area contributed by atoms with Gasteiger partial charge in [0.2, 0.25) is 0 Å². The van der Waals surface area contributed by atoms with Crippen LogP contribution in [0.3, 0.4) is 0 Å². The van der Waals surface area contributed by atoms with E-state index in [1.54, 1.807) is 6.07 Å². The van der Waals surface area contributed by atoms with Crippen molar-refractivity contribution >= 4 is 11.4 Å². The number of nitro groups is 2. The smallest absolute Gasteiger partial charge is 0.274 e. The van der Waals surface area contributed by atoms with Crippen molar-refractivity contribution in [2.45, 2.75) is 12.9 Å². The monoisotopic (exact) mass is 304 g/mol. The number of nitro benzene ring substituents is 2. The van der Waals surface area contributed by atoms with Gasteiger partial charge in [-0.25, -0.2) is 0 Å². The molecule has 2 aromatic carbocycles. The Morgan fingerprint density at radius 3 is 2.23 bits per heavy atom.